The van der Waals surface area contributed by atoms with Crippen molar-refractivity contribution in [1.82, 2.24) is 5.32 Å². The second-order valence-electron chi connectivity index (χ2n) is 7.25. The number of amides is 1. The fraction of sp³-hybridized carbons (Fsp3) is 0.391. The highest BCUT2D eigenvalue weighted by atomic mass is 16.5. The molecule has 146 valence electrons. The van der Waals surface area contributed by atoms with Crippen molar-refractivity contribution < 1.29 is 9.53 Å². The van der Waals surface area contributed by atoms with Crippen LogP contribution in [0.25, 0.3) is 0 Å². The molecule has 0 radical (unpaired) electrons. The SMILES string of the molecule is CC(NCc1cccc(OCCCC#N)c1)c1ccc(NC(=O)C2CC2)cc1. The van der Waals surface area contributed by atoms with Crippen LogP contribution < -0.4 is 15.4 Å². The van der Waals surface area contributed by atoms with Gasteiger partial charge in [-0.2, -0.15) is 5.26 Å². The summed E-state index contributed by atoms with van der Waals surface area (Å²) in [4.78, 5) is 11.8. The van der Waals surface area contributed by atoms with Crippen molar-refractivity contribution in [1.29, 1.82) is 5.26 Å². The first-order valence-electron chi connectivity index (χ1n) is 9.88. The molecule has 3 rings (SSSR count). The molecule has 1 aliphatic rings. The summed E-state index contributed by atoms with van der Waals surface area (Å²) >= 11 is 0. The summed E-state index contributed by atoms with van der Waals surface area (Å²) in [6.45, 7) is 3.42. The Balaban J connectivity index is 1.47. The van der Waals surface area contributed by atoms with Crippen molar-refractivity contribution in [3.8, 4) is 11.8 Å². The van der Waals surface area contributed by atoms with Gasteiger partial charge in [-0.25, -0.2) is 0 Å². The maximum Gasteiger partial charge on any atom is 0.227 e. The van der Waals surface area contributed by atoms with E-state index in [1.807, 2.05) is 30.3 Å². The number of anilines is 1. The van der Waals surface area contributed by atoms with Gasteiger partial charge in [-0.15, -0.1) is 0 Å². The number of ether oxygens (including phenoxy) is 1. The van der Waals surface area contributed by atoms with Crippen LogP contribution in [0.3, 0.4) is 0 Å². The molecular weight excluding hydrogens is 350 g/mol. The van der Waals surface area contributed by atoms with Gasteiger partial charge in [0.25, 0.3) is 0 Å². The molecule has 5 heteroatoms. The van der Waals surface area contributed by atoms with Crippen LogP contribution >= 0.6 is 0 Å². The topological polar surface area (TPSA) is 74.2 Å². The summed E-state index contributed by atoms with van der Waals surface area (Å²) in [6.07, 6.45) is 3.28. The maximum absolute atomic E-state index is 11.8. The van der Waals surface area contributed by atoms with E-state index in [2.05, 4.69) is 41.8 Å². The predicted octanol–water partition coefficient (Wildman–Crippen LogP) is 4.57. The molecule has 1 atom stereocenters. The Hall–Kier alpha value is -2.84. The molecule has 0 bridgehead atoms. The van der Waals surface area contributed by atoms with Crippen molar-refractivity contribution in [2.24, 2.45) is 5.92 Å². The number of rotatable bonds is 10. The molecule has 1 amide bonds. The van der Waals surface area contributed by atoms with Crippen LogP contribution in [0.2, 0.25) is 0 Å². The van der Waals surface area contributed by atoms with E-state index in [9.17, 15) is 4.79 Å². The standard InChI is InChI=1S/C23H27N3O2/c1-17(19-9-11-21(12-10-19)26-23(27)20-7-8-20)25-16-18-5-4-6-22(15-18)28-14-3-2-13-24/h4-6,9-12,15,17,20,25H,2-3,7-8,14,16H2,1H3,(H,26,27). The minimum Gasteiger partial charge on any atom is -0.494 e. The van der Waals surface area contributed by atoms with E-state index in [0.717, 1.165) is 42.8 Å². The second-order valence-corrected chi connectivity index (χ2v) is 7.25. The molecule has 0 heterocycles. The minimum atomic E-state index is 0.133. The van der Waals surface area contributed by atoms with Gasteiger partial charge < -0.3 is 15.4 Å². The van der Waals surface area contributed by atoms with Gasteiger partial charge in [0.2, 0.25) is 5.91 Å². The van der Waals surface area contributed by atoms with Gasteiger partial charge in [-0.1, -0.05) is 24.3 Å². The van der Waals surface area contributed by atoms with E-state index in [4.69, 9.17) is 10.00 Å². The predicted molar refractivity (Wildman–Crippen MR) is 110 cm³/mol. The summed E-state index contributed by atoms with van der Waals surface area (Å²) in [7, 11) is 0. The molecule has 0 saturated heterocycles. The number of carbonyl (C=O) groups excluding carboxylic acids is 1. The average Bonchev–Trinajstić information content (AvgIpc) is 3.56. The number of hydrogen-bond acceptors (Lipinski definition) is 4. The Kier molecular flexibility index (Phi) is 7.05. The number of unbranched alkanes of at least 4 members (excludes halogenated alkanes) is 1. The van der Waals surface area contributed by atoms with Gasteiger partial charge in [0.05, 0.1) is 12.7 Å². The van der Waals surface area contributed by atoms with Crippen LogP contribution in [0, 0.1) is 17.2 Å². The third kappa shape index (κ3) is 6.11. The first-order chi connectivity index (χ1) is 13.7. The Morgan fingerprint density at radius 2 is 2.04 bits per heavy atom. The van der Waals surface area contributed by atoms with Crippen molar-refractivity contribution in [2.75, 3.05) is 11.9 Å². The van der Waals surface area contributed by atoms with Crippen molar-refractivity contribution in [2.45, 2.75) is 45.2 Å². The molecular formula is C23H27N3O2. The van der Waals surface area contributed by atoms with Crippen LogP contribution in [0.1, 0.15) is 49.8 Å². The monoisotopic (exact) mass is 377 g/mol. The van der Waals surface area contributed by atoms with Crippen LogP contribution in [0.4, 0.5) is 5.69 Å². The number of carbonyl (C=O) groups is 1. The number of nitriles is 1. The minimum absolute atomic E-state index is 0.133. The lowest BCUT2D eigenvalue weighted by Crippen LogP contribution is -2.18. The van der Waals surface area contributed by atoms with Gasteiger partial charge in [0.15, 0.2) is 0 Å². The third-order valence-electron chi connectivity index (χ3n) is 4.84. The molecule has 0 aliphatic heterocycles. The van der Waals surface area contributed by atoms with Gasteiger partial charge in [0, 0.05) is 30.6 Å². The highest BCUT2D eigenvalue weighted by Crippen LogP contribution is 2.30. The van der Waals surface area contributed by atoms with Crippen LogP contribution in [-0.2, 0) is 11.3 Å². The largest absolute Gasteiger partial charge is 0.494 e. The lowest BCUT2D eigenvalue weighted by atomic mass is 10.1. The molecule has 1 aliphatic carbocycles. The molecule has 0 spiro atoms. The van der Waals surface area contributed by atoms with E-state index in [0.29, 0.717) is 13.0 Å². The van der Waals surface area contributed by atoms with Gasteiger partial charge in [0.1, 0.15) is 5.75 Å². The second kappa shape index (κ2) is 9.91. The normalized spacial score (nSPS) is 14.1. The number of nitrogens with zero attached hydrogens (tertiary/aromatic N) is 1. The third-order valence-corrected chi connectivity index (χ3v) is 4.84. The summed E-state index contributed by atoms with van der Waals surface area (Å²) in [5.74, 6) is 1.18. The van der Waals surface area contributed by atoms with Gasteiger partial charge in [-0.05, 0) is 61.6 Å². The van der Waals surface area contributed by atoms with Crippen molar-refractivity contribution in [3.05, 3.63) is 59.7 Å². The van der Waals surface area contributed by atoms with Gasteiger partial charge in [-0.3, -0.25) is 4.79 Å². The van der Waals surface area contributed by atoms with E-state index in [-0.39, 0.29) is 17.9 Å². The fourth-order valence-electron chi connectivity index (χ4n) is 2.92. The van der Waals surface area contributed by atoms with E-state index in [1.165, 1.54) is 5.56 Å². The molecule has 28 heavy (non-hydrogen) atoms. The molecule has 1 unspecified atom stereocenters. The Morgan fingerprint density at radius 1 is 1.25 bits per heavy atom. The quantitative estimate of drug-likeness (QED) is 0.595. The lowest BCUT2D eigenvalue weighted by Gasteiger charge is -2.16. The zero-order chi connectivity index (χ0) is 19.8. The van der Waals surface area contributed by atoms with Gasteiger partial charge >= 0.3 is 0 Å². The molecule has 1 fully saturated rings. The first kappa shape index (κ1) is 19.9. The zero-order valence-corrected chi connectivity index (χ0v) is 16.3. The van der Waals surface area contributed by atoms with Crippen LogP contribution in [0.15, 0.2) is 48.5 Å². The number of nitrogens with one attached hydrogen (secondary N) is 2. The number of hydrogen-bond donors (Lipinski definition) is 2. The molecule has 0 aromatic heterocycles. The summed E-state index contributed by atoms with van der Waals surface area (Å²) in [5.41, 5.74) is 3.18. The summed E-state index contributed by atoms with van der Waals surface area (Å²) in [5, 5.41) is 15.1. The van der Waals surface area contributed by atoms with Crippen molar-refractivity contribution >= 4 is 11.6 Å². The van der Waals surface area contributed by atoms with Crippen LogP contribution in [-0.4, -0.2) is 12.5 Å². The number of benzene rings is 2. The Morgan fingerprint density at radius 3 is 2.75 bits per heavy atom. The lowest BCUT2D eigenvalue weighted by molar-refractivity contribution is -0.117. The smallest absolute Gasteiger partial charge is 0.227 e. The van der Waals surface area contributed by atoms with Crippen LogP contribution in [0.5, 0.6) is 5.75 Å². The molecule has 5 nitrogen and oxygen atoms in total. The molecule has 2 aromatic carbocycles. The van der Waals surface area contributed by atoms with Crippen molar-refractivity contribution in [3.63, 3.8) is 0 Å². The fourth-order valence-corrected chi connectivity index (χ4v) is 2.92. The average molecular weight is 377 g/mol. The highest BCUT2D eigenvalue weighted by Gasteiger charge is 2.29. The maximum atomic E-state index is 11.8. The van der Waals surface area contributed by atoms with E-state index in [1.54, 1.807) is 0 Å². The summed E-state index contributed by atoms with van der Waals surface area (Å²) < 4.78 is 5.69. The Bertz CT molecular complexity index is 822. The van der Waals surface area contributed by atoms with E-state index >= 15 is 0 Å². The molecule has 2 aromatic rings. The highest BCUT2D eigenvalue weighted by molar-refractivity contribution is 5.94. The molecule has 1 saturated carbocycles. The first-order valence-corrected chi connectivity index (χ1v) is 9.88. The van der Waals surface area contributed by atoms with E-state index < -0.39 is 0 Å². The summed E-state index contributed by atoms with van der Waals surface area (Å²) in [6, 6.07) is 18.4. The Labute approximate surface area is 166 Å². The zero-order valence-electron chi connectivity index (χ0n) is 16.3. The molecule has 2 N–H and O–H groups in total.